The van der Waals surface area contributed by atoms with E-state index in [2.05, 4.69) is 77.8 Å². The largest absolute Gasteiger partial charge is 0.345 e. The number of nitrogens with zero attached hydrogens (tertiary/aromatic N) is 3. The molecule has 0 fully saturated rings. The minimum atomic E-state index is 0.0424. The Hall–Kier alpha value is -2.08. The predicted octanol–water partition coefficient (Wildman–Crippen LogP) is 6.25. The van der Waals surface area contributed by atoms with Gasteiger partial charge in [0.25, 0.3) is 0 Å². The van der Waals surface area contributed by atoms with Crippen LogP contribution < -0.4 is 0 Å². The first-order valence-corrected chi connectivity index (χ1v) is 13.2. The zero-order chi connectivity index (χ0) is 24.1. The van der Waals surface area contributed by atoms with Gasteiger partial charge in [-0.3, -0.25) is 9.59 Å². The normalized spacial score (nSPS) is 10.9. The van der Waals surface area contributed by atoms with Crippen LogP contribution in [0.4, 0.5) is 0 Å². The molecule has 0 saturated heterocycles. The summed E-state index contributed by atoms with van der Waals surface area (Å²) in [7, 11) is 0. The lowest BCUT2D eigenvalue weighted by Crippen LogP contribution is -2.43. The number of aromatic nitrogens is 1. The molecule has 0 spiro atoms. The Bertz CT molecular complexity index is 847. The number of amides is 2. The highest BCUT2D eigenvalue weighted by molar-refractivity contribution is 9.10. The van der Waals surface area contributed by atoms with Crippen LogP contribution >= 0.6 is 15.9 Å². The van der Waals surface area contributed by atoms with Gasteiger partial charge in [-0.15, -0.1) is 0 Å². The van der Waals surface area contributed by atoms with Gasteiger partial charge in [0.1, 0.15) is 0 Å². The first-order chi connectivity index (χ1) is 16.0. The van der Waals surface area contributed by atoms with Crippen LogP contribution in [0.15, 0.2) is 47.1 Å². The zero-order valence-electron chi connectivity index (χ0n) is 20.6. The molecule has 0 aliphatic heterocycles. The van der Waals surface area contributed by atoms with Crippen LogP contribution in [0.2, 0.25) is 0 Å². The van der Waals surface area contributed by atoms with E-state index in [0.717, 1.165) is 55.2 Å². The van der Waals surface area contributed by atoms with Gasteiger partial charge in [-0.2, -0.15) is 0 Å². The molecule has 5 nitrogen and oxygen atoms in total. The number of carbonyl (C=O) groups is 2. The number of hydrogen-bond donors (Lipinski definition) is 0. The van der Waals surface area contributed by atoms with Crippen LogP contribution in [0.3, 0.4) is 0 Å². The van der Waals surface area contributed by atoms with Gasteiger partial charge in [0.2, 0.25) is 11.8 Å². The maximum absolute atomic E-state index is 13.4. The maximum atomic E-state index is 13.4. The van der Waals surface area contributed by atoms with Crippen molar-refractivity contribution in [1.82, 2.24) is 14.4 Å². The maximum Gasteiger partial charge on any atom is 0.242 e. The highest BCUT2D eigenvalue weighted by atomic mass is 79.9. The molecule has 33 heavy (non-hydrogen) atoms. The summed E-state index contributed by atoms with van der Waals surface area (Å²) in [5.74, 6) is 0.147. The summed E-state index contributed by atoms with van der Waals surface area (Å²) < 4.78 is 3.27. The predicted molar refractivity (Wildman–Crippen MR) is 139 cm³/mol. The highest BCUT2D eigenvalue weighted by Gasteiger charge is 2.21. The van der Waals surface area contributed by atoms with Crippen molar-refractivity contribution in [2.75, 3.05) is 19.6 Å². The molecule has 1 heterocycles. The van der Waals surface area contributed by atoms with Crippen LogP contribution in [0.5, 0.6) is 0 Å². The lowest BCUT2D eigenvalue weighted by atomic mass is 10.2. The smallest absolute Gasteiger partial charge is 0.242 e. The van der Waals surface area contributed by atoms with E-state index in [1.165, 1.54) is 5.56 Å². The van der Waals surface area contributed by atoms with Crippen LogP contribution in [0.25, 0.3) is 0 Å². The molecule has 2 aromatic rings. The Kier molecular flexibility index (Phi) is 12.3. The number of halogens is 1. The minimum Gasteiger partial charge on any atom is -0.345 e. The van der Waals surface area contributed by atoms with Crippen LogP contribution in [-0.2, 0) is 22.7 Å². The Morgan fingerprint density at radius 2 is 1.48 bits per heavy atom. The van der Waals surface area contributed by atoms with E-state index >= 15 is 0 Å². The van der Waals surface area contributed by atoms with E-state index in [0.29, 0.717) is 26.1 Å². The summed E-state index contributed by atoms with van der Waals surface area (Å²) in [5.41, 5.74) is 2.33. The van der Waals surface area contributed by atoms with Crippen LogP contribution in [-0.4, -0.2) is 45.8 Å². The first-order valence-electron chi connectivity index (χ1n) is 12.4. The van der Waals surface area contributed by atoms with Crippen molar-refractivity contribution in [3.8, 4) is 0 Å². The van der Waals surface area contributed by atoms with E-state index in [1.807, 2.05) is 11.0 Å². The van der Waals surface area contributed by atoms with Crippen molar-refractivity contribution in [2.24, 2.45) is 0 Å². The topological polar surface area (TPSA) is 45.6 Å². The second-order valence-electron chi connectivity index (χ2n) is 8.70. The minimum absolute atomic E-state index is 0.0424. The van der Waals surface area contributed by atoms with E-state index in [9.17, 15) is 9.59 Å². The Labute approximate surface area is 208 Å². The zero-order valence-corrected chi connectivity index (χ0v) is 22.1. The summed E-state index contributed by atoms with van der Waals surface area (Å²) in [5, 5.41) is 0. The lowest BCUT2D eigenvalue weighted by Gasteiger charge is -2.28. The molecule has 0 N–H and O–H groups in total. The quantitative estimate of drug-likeness (QED) is 0.280. The van der Waals surface area contributed by atoms with Gasteiger partial charge in [-0.25, -0.2) is 0 Å². The van der Waals surface area contributed by atoms with E-state index in [-0.39, 0.29) is 18.4 Å². The molecule has 1 aromatic heterocycles. The highest BCUT2D eigenvalue weighted by Crippen LogP contribution is 2.15. The molecule has 0 unspecified atom stereocenters. The summed E-state index contributed by atoms with van der Waals surface area (Å²) in [4.78, 5) is 29.8. The van der Waals surface area contributed by atoms with E-state index < -0.39 is 0 Å². The van der Waals surface area contributed by atoms with Gasteiger partial charge in [0, 0.05) is 42.4 Å². The lowest BCUT2D eigenvalue weighted by molar-refractivity contribution is -0.141. The van der Waals surface area contributed by atoms with Crippen molar-refractivity contribution >= 4 is 27.7 Å². The van der Waals surface area contributed by atoms with Gasteiger partial charge in [0.05, 0.1) is 13.1 Å². The number of unbranched alkanes of at least 4 members (excludes halogenated alkanes) is 3. The van der Waals surface area contributed by atoms with Gasteiger partial charge in [0.15, 0.2) is 0 Å². The SMILES string of the molecule is CCCCC(=O)N(CCCC)CC(=O)N(CCCC)Cc1cccn1Cc1ccc(Br)cc1. The molecule has 182 valence electrons. The first kappa shape index (κ1) is 27.2. The third kappa shape index (κ3) is 9.36. The van der Waals surface area contributed by atoms with Gasteiger partial charge in [-0.05, 0) is 49.1 Å². The van der Waals surface area contributed by atoms with Gasteiger partial charge in [-0.1, -0.05) is 68.1 Å². The van der Waals surface area contributed by atoms with Crippen LogP contribution in [0.1, 0.15) is 77.0 Å². The summed E-state index contributed by atoms with van der Waals surface area (Å²) in [6.45, 7) is 9.22. The van der Waals surface area contributed by atoms with E-state index in [1.54, 1.807) is 4.90 Å². The second-order valence-corrected chi connectivity index (χ2v) is 9.61. The Morgan fingerprint density at radius 3 is 2.12 bits per heavy atom. The molecule has 0 aliphatic carbocycles. The Morgan fingerprint density at radius 1 is 0.848 bits per heavy atom. The molecule has 2 amide bonds. The number of rotatable bonds is 15. The van der Waals surface area contributed by atoms with Crippen LogP contribution in [0, 0.1) is 0 Å². The molecule has 6 heteroatoms. The van der Waals surface area contributed by atoms with Crippen molar-refractivity contribution in [3.63, 3.8) is 0 Å². The third-order valence-electron chi connectivity index (χ3n) is 5.88. The summed E-state index contributed by atoms with van der Waals surface area (Å²) in [6.07, 6.45) is 8.37. The molecule has 0 radical (unpaired) electrons. The summed E-state index contributed by atoms with van der Waals surface area (Å²) in [6, 6.07) is 12.5. The molecule has 1 aromatic carbocycles. The molecular weight excluding hydrogens is 478 g/mol. The molecular formula is C27H40BrN3O2. The number of hydrogen-bond acceptors (Lipinski definition) is 2. The van der Waals surface area contributed by atoms with Crippen molar-refractivity contribution in [2.45, 2.75) is 78.8 Å². The molecule has 2 rings (SSSR count). The average molecular weight is 519 g/mol. The van der Waals surface area contributed by atoms with Crippen molar-refractivity contribution < 1.29 is 9.59 Å². The fraction of sp³-hybridized carbons (Fsp3) is 0.556. The van der Waals surface area contributed by atoms with E-state index in [4.69, 9.17) is 0 Å². The second kappa shape index (κ2) is 14.9. The number of benzene rings is 1. The van der Waals surface area contributed by atoms with Gasteiger partial charge >= 0.3 is 0 Å². The third-order valence-corrected chi connectivity index (χ3v) is 6.41. The van der Waals surface area contributed by atoms with Gasteiger partial charge < -0.3 is 14.4 Å². The monoisotopic (exact) mass is 517 g/mol. The molecule has 0 aliphatic rings. The molecule has 0 saturated carbocycles. The number of carbonyl (C=O) groups excluding carboxylic acids is 2. The van der Waals surface area contributed by atoms with Crippen molar-refractivity contribution in [3.05, 3.63) is 58.3 Å². The fourth-order valence-corrected chi connectivity index (χ4v) is 4.02. The summed E-state index contributed by atoms with van der Waals surface area (Å²) >= 11 is 3.49. The average Bonchev–Trinajstić information content (AvgIpc) is 3.25. The molecule has 0 atom stereocenters. The fourth-order valence-electron chi connectivity index (χ4n) is 3.76. The molecule has 0 bridgehead atoms. The Balaban J connectivity index is 2.11. The van der Waals surface area contributed by atoms with Crippen molar-refractivity contribution in [1.29, 1.82) is 0 Å². The standard InChI is InChI=1S/C27H40BrN3O2/c1-4-7-12-26(32)31(18-9-6-3)22-27(33)30(17-8-5-2)21-25-11-10-19-29(25)20-23-13-15-24(28)16-14-23/h10-11,13-16,19H,4-9,12,17-18,20-22H2,1-3H3.